The van der Waals surface area contributed by atoms with Crippen LogP contribution < -0.4 is 10.7 Å². The number of nitrogens with zero attached hydrogens (tertiary/aromatic N) is 3. The topological polar surface area (TPSA) is 97.8 Å². The molecule has 0 spiro atoms. The third-order valence-corrected chi connectivity index (χ3v) is 5.57. The van der Waals surface area contributed by atoms with E-state index in [9.17, 15) is 23.5 Å². The summed E-state index contributed by atoms with van der Waals surface area (Å²) in [5, 5.41) is 15.0. The Morgan fingerprint density at radius 2 is 2.10 bits per heavy atom. The average molecular weight is 435 g/mol. The van der Waals surface area contributed by atoms with Crippen LogP contribution in [0, 0.1) is 5.41 Å². The van der Waals surface area contributed by atoms with Gasteiger partial charge in [-0.25, -0.2) is 19.2 Å². The van der Waals surface area contributed by atoms with E-state index in [-0.39, 0.29) is 35.0 Å². The van der Waals surface area contributed by atoms with Crippen LogP contribution >= 0.6 is 0 Å². The van der Waals surface area contributed by atoms with Gasteiger partial charge in [0.15, 0.2) is 5.57 Å². The van der Waals surface area contributed by atoms with Crippen LogP contribution in [-0.4, -0.2) is 50.6 Å². The van der Waals surface area contributed by atoms with Crippen LogP contribution in [0.25, 0.3) is 0 Å². The molecule has 2 amide bonds. The Balaban J connectivity index is 1.69. The highest BCUT2D eigenvalue weighted by Crippen LogP contribution is 2.39. The van der Waals surface area contributed by atoms with Crippen molar-refractivity contribution in [1.82, 2.24) is 25.6 Å². The lowest BCUT2D eigenvalue weighted by Gasteiger charge is -2.42. The van der Waals surface area contributed by atoms with Crippen molar-refractivity contribution < 1.29 is 23.5 Å². The molecule has 2 aliphatic heterocycles. The van der Waals surface area contributed by atoms with Crippen molar-refractivity contribution in [3.8, 4) is 0 Å². The van der Waals surface area contributed by atoms with Crippen LogP contribution in [0.4, 0.5) is 8.78 Å². The number of aromatic nitrogens is 1. The number of fused-ring (bicyclic) bond motifs is 1. The van der Waals surface area contributed by atoms with Gasteiger partial charge in [0, 0.05) is 25.2 Å². The number of rotatable bonds is 5. The molecule has 3 N–H and O–H groups in total. The number of aliphatic hydroxyl groups is 1. The lowest BCUT2D eigenvalue weighted by molar-refractivity contribution is -0.142. The number of aliphatic hydroxyl groups excluding tert-OH is 1. The predicted octanol–water partition coefficient (Wildman–Crippen LogP) is 2.53. The first kappa shape index (κ1) is 21.5. The summed E-state index contributed by atoms with van der Waals surface area (Å²) in [5.41, 5.74) is 2.33. The molecule has 0 bridgehead atoms. The van der Waals surface area contributed by atoms with Crippen LogP contribution in [0.5, 0.6) is 0 Å². The third-order valence-electron chi connectivity index (χ3n) is 5.57. The molecule has 3 heterocycles. The zero-order valence-corrected chi connectivity index (χ0v) is 17.7. The Morgan fingerprint density at radius 3 is 2.71 bits per heavy atom. The Hall–Kier alpha value is -2.75. The molecule has 2 unspecified atom stereocenters. The maximum atomic E-state index is 13.5. The molecule has 1 aliphatic carbocycles. The monoisotopic (exact) mass is 435 g/mol. The molecule has 168 valence electrons. The van der Waals surface area contributed by atoms with Crippen molar-refractivity contribution in [3.05, 3.63) is 41.0 Å². The molecule has 4 rings (SSSR count). The predicted molar refractivity (Wildman–Crippen MR) is 107 cm³/mol. The summed E-state index contributed by atoms with van der Waals surface area (Å²) in [7, 11) is 0. The average Bonchev–Trinajstić information content (AvgIpc) is 3.38. The summed E-state index contributed by atoms with van der Waals surface area (Å²) in [4.78, 5) is 31.3. The van der Waals surface area contributed by atoms with E-state index in [0.717, 1.165) is 12.8 Å². The summed E-state index contributed by atoms with van der Waals surface area (Å²) in [6.45, 7) is 6.28. The van der Waals surface area contributed by atoms with Gasteiger partial charge in [0.2, 0.25) is 5.88 Å². The second-order valence-corrected chi connectivity index (χ2v) is 9.49. The Morgan fingerprint density at radius 1 is 1.39 bits per heavy atom. The van der Waals surface area contributed by atoms with Gasteiger partial charge in [0.1, 0.15) is 11.9 Å². The van der Waals surface area contributed by atoms with Gasteiger partial charge < -0.3 is 15.3 Å². The van der Waals surface area contributed by atoms with Crippen molar-refractivity contribution in [1.29, 1.82) is 0 Å². The van der Waals surface area contributed by atoms with Crippen molar-refractivity contribution in [3.63, 3.8) is 0 Å². The van der Waals surface area contributed by atoms with E-state index < -0.39 is 30.4 Å². The molecule has 1 aromatic rings. The summed E-state index contributed by atoms with van der Waals surface area (Å²) < 4.78 is 27.0. The summed E-state index contributed by atoms with van der Waals surface area (Å²) in [5.74, 6) is -1.67. The number of halogens is 2. The molecule has 1 saturated heterocycles. The normalized spacial score (nSPS) is 24.1. The van der Waals surface area contributed by atoms with E-state index in [0.29, 0.717) is 12.1 Å². The third kappa shape index (κ3) is 4.21. The smallest absolute Gasteiger partial charge is 0.280 e. The van der Waals surface area contributed by atoms with E-state index in [2.05, 4.69) is 15.7 Å². The fourth-order valence-corrected chi connectivity index (χ4v) is 4.06. The minimum Gasteiger partial charge on any atom is -0.494 e. The minimum atomic E-state index is -2.76. The number of hydrogen-bond acceptors (Lipinski definition) is 6. The zero-order valence-electron chi connectivity index (χ0n) is 17.7. The van der Waals surface area contributed by atoms with Gasteiger partial charge in [-0.3, -0.25) is 14.6 Å². The number of carbonyl (C=O) groups excluding carboxylic acids is 2. The van der Waals surface area contributed by atoms with Crippen LogP contribution in [-0.2, 0) is 9.59 Å². The van der Waals surface area contributed by atoms with Gasteiger partial charge in [0.25, 0.3) is 18.2 Å². The van der Waals surface area contributed by atoms with Gasteiger partial charge in [0.05, 0.1) is 6.04 Å². The van der Waals surface area contributed by atoms with Gasteiger partial charge in [-0.05, 0) is 29.9 Å². The van der Waals surface area contributed by atoms with Crippen molar-refractivity contribution in [2.75, 3.05) is 6.54 Å². The first-order chi connectivity index (χ1) is 14.6. The molecule has 3 aliphatic rings. The first-order valence-corrected chi connectivity index (χ1v) is 10.4. The highest BCUT2D eigenvalue weighted by atomic mass is 19.3. The lowest BCUT2D eigenvalue weighted by atomic mass is 9.94. The van der Waals surface area contributed by atoms with Gasteiger partial charge in [-0.1, -0.05) is 26.8 Å². The fourth-order valence-electron chi connectivity index (χ4n) is 4.06. The highest BCUT2D eigenvalue weighted by Gasteiger charge is 2.49. The van der Waals surface area contributed by atoms with Crippen molar-refractivity contribution >= 4 is 11.8 Å². The number of amides is 2. The van der Waals surface area contributed by atoms with Gasteiger partial charge in [-0.2, -0.15) is 0 Å². The first-order valence-electron chi connectivity index (χ1n) is 10.4. The van der Waals surface area contributed by atoms with E-state index in [4.69, 9.17) is 0 Å². The van der Waals surface area contributed by atoms with Gasteiger partial charge >= 0.3 is 0 Å². The van der Waals surface area contributed by atoms with Crippen LogP contribution in [0.3, 0.4) is 0 Å². The maximum Gasteiger partial charge on any atom is 0.280 e. The van der Waals surface area contributed by atoms with E-state index in [1.165, 1.54) is 11.2 Å². The highest BCUT2D eigenvalue weighted by molar-refractivity contribution is 6.19. The molecular weight excluding hydrogens is 408 g/mol. The standard InChI is InChI=1S/C21H27F2N5O3/c1-21(2,3)10-27-14-9-13(12-5-4-8-24-16(12)17(22)23)26-28(14)20(31)15(19(27)30)18(29)25-11-6-7-11/h4-5,8,11,13-14,17,26,30H,6-7,9-10H2,1-3H3,(H,25,29). The van der Waals surface area contributed by atoms with Crippen LogP contribution in [0.1, 0.15) is 63.8 Å². The van der Waals surface area contributed by atoms with Gasteiger partial charge in [-0.15, -0.1) is 0 Å². The molecule has 2 atom stereocenters. The molecule has 8 nitrogen and oxygen atoms in total. The lowest BCUT2D eigenvalue weighted by Crippen LogP contribution is -2.58. The van der Waals surface area contributed by atoms with Crippen LogP contribution in [0.15, 0.2) is 29.8 Å². The SMILES string of the molecule is CC(C)(C)CN1C(O)=C(C(=O)NC2CC2)C(=O)N2NC(c3cccnc3C(F)F)CC12. The molecule has 10 heteroatoms. The molecule has 0 aromatic carbocycles. The number of hydrogen-bond donors (Lipinski definition) is 3. The van der Waals surface area contributed by atoms with Crippen molar-refractivity contribution in [2.24, 2.45) is 5.41 Å². The van der Waals surface area contributed by atoms with E-state index in [1.807, 2.05) is 20.8 Å². The van der Waals surface area contributed by atoms with Crippen LogP contribution in [0.2, 0.25) is 0 Å². The van der Waals surface area contributed by atoms with E-state index in [1.54, 1.807) is 17.0 Å². The van der Waals surface area contributed by atoms with Crippen molar-refractivity contribution in [2.45, 2.75) is 64.7 Å². The van der Waals surface area contributed by atoms with E-state index >= 15 is 0 Å². The number of pyridine rings is 1. The Kier molecular flexibility index (Phi) is 5.36. The minimum absolute atomic E-state index is 0.0117. The fraction of sp³-hybridized carbons (Fsp3) is 0.571. The summed E-state index contributed by atoms with van der Waals surface area (Å²) in [6, 6.07) is 2.52. The molecule has 1 saturated carbocycles. The number of carbonyl (C=O) groups is 2. The molecule has 2 fully saturated rings. The number of hydrazine groups is 1. The number of alkyl halides is 2. The largest absolute Gasteiger partial charge is 0.494 e. The maximum absolute atomic E-state index is 13.5. The second kappa shape index (κ2) is 7.74. The zero-order chi connectivity index (χ0) is 22.5. The summed E-state index contributed by atoms with van der Waals surface area (Å²) >= 11 is 0. The Bertz CT molecular complexity index is 926. The number of nitrogens with one attached hydrogen (secondary N) is 2. The molecular formula is C21H27F2N5O3. The second-order valence-electron chi connectivity index (χ2n) is 9.49. The molecule has 1 aromatic heterocycles. The summed E-state index contributed by atoms with van der Waals surface area (Å²) in [6.07, 6.45) is -0.149. The quantitative estimate of drug-likeness (QED) is 0.615. The molecule has 31 heavy (non-hydrogen) atoms. The Labute approximate surface area is 179 Å². The molecule has 0 radical (unpaired) electrons.